The molecular weight excluding hydrogens is 841 g/mol. The monoisotopic (exact) mass is 953 g/mol. The van der Waals surface area contributed by atoms with Crippen molar-refractivity contribution in [2.24, 2.45) is 0 Å². The van der Waals surface area contributed by atoms with Gasteiger partial charge in [0.2, 0.25) is 0 Å². The van der Waals surface area contributed by atoms with Crippen LogP contribution in [0.3, 0.4) is 0 Å². The van der Waals surface area contributed by atoms with Gasteiger partial charge < -0.3 is 14.2 Å². The van der Waals surface area contributed by atoms with E-state index >= 15 is 0 Å². The van der Waals surface area contributed by atoms with Crippen LogP contribution in [0, 0.1) is 0 Å². The number of hydrogen-bond acceptors (Lipinski definition) is 6. The quantitative estimate of drug-likeness (QED) is 0.0199. The summed E-state index contributed by atoms with van der Waals surface area (Å²) in [5.41, 5.74) is 0. The fourth-order valence-corrected chi connectivity index (χ4v) is 8.54. The summed E-state index contributed by atoms with van der Waals surface area (Å²) in [5.74, 6) is -0.907. The van der Waals surface area contributed by atoms with Crippen molar-refractivity contribution in [1.82, 2.24) is 0 Å². The molecule has 0 radical (unpaired) electrons. The maximum Gasteiger partial charge on any atom is 0.306 e. The van der Waals surface area contributed by atoms with E-state index in [-0.39, 0.29) is 31.1 Å². The Morgan fingerprint density at radius 2 is 0.529 bits per heavy atom. The molecule has 0 aromatic heterocycles. The number of unbranched alkanes of at least 4 members (excludes halogenated alkanes) is 36. The molecular formula is C62H112O6. The van der Waals surface area contributed by atoms with Gasteiger partial charge in [-0.2, -0.15) is 0 Å². The van der Waals surface area contributed by atoms with Gasteiger partial charge in [-0.25, -0.2) is 0 Å². The number of esters is 3. The normalized spacial score (nSPS) is 12.3. The molecule has 0 aliphatic carbocycles. The number of carbonyl (C=O) groups is 3. The minimum Gasteiger partial charge on any atom is -0.462 e. The molecule has 0 saturated heterocycles. The molecule has 0 bridgehead atoms. The van der Waals surface area contributed by atoms with E-state index < -0.39 is 6.10 Å². The first-order valence-electron chi connectivity index (χ1n) is 29.7. The van der Waals surface area contributed by atoms with E-state index in [9.17, 15) is 14.4 Å². The second-order valence-corrected chi connectivity index (χ2v) is 19.9. The zero-order valence-electron chi connectivity index (χ0n) is 45.4. The lowest BCUT2D eigenvalue weighted by Gasteiger charge is -2.18. The van der Waals surface area contributed by atoms with Crippen molar-refractivity contribution in [2.75, 3.05) is 13.2 Å². The molecule has 0 saturated carbocycles. The van der Waals surface area contributed by atoms with E-state index in [0.29, 0.717) is 19.3 Å². The van der Waals surface area contributed by atoms with Gasteiger partial charge in [0, 0.05) is 19.3 Å². The maximum atomic E-state index is 12.8. The van der Waals surface area contributed by atoms with E-state index in [1.54, 1.807) is 0 Å². The highest BCUT2D eigenvalue weighted by atomic mass is 16.6. The number of carbonyl (C=O) groups excluding carboxylic acids is 3. The average Bonchev–Trinajstić information content (AvgIpc) is 3.34. The molecule has 0 aromatic carbocycles. The third-order valence-electron chi connectivity index (χ3n) is 13.1. The number of rotatable bonds is 54. The molecule has 0 rings (SSSR count). The summed E-state index contributed by atoms with van der Waals surface area (Å²) in [6.45, 7) is 6.63. The van der Waals surface area contributed by atoms with Gasteiger partial charge in [-0.3, -0.25) is 14.4 Å². The van der Waals surface area contributed by atoms with E-state index in [0.717, 1.165) is 70.6 Å². The Morgan fingerprint density at radius 1 is 0.294 bits per heavy atom. The van der Waals surface area contributed by atoms with Gasteiger partial charge in [-0.05, 0) is 96.3 Å². The van der Waals surface area contributed by atoms with Crippen LogP contribution in [0.25, 0.3) is 0 Å². The van der Waals surface area contributed by atoms with Crippen molar-refractivity contribution in [3.63, 3.8) is 0 Å². The van der Waals surface area contributed by atoms with Gasteiger partial charge in [0.15, 0.2) is 6.10 Å². The Morgan fingerprint density at radius 3 is 0.853 bits per heavy atom. The van der Waals surface area contributed by atoms with Crippen molar-refractivity contribution in [3.8, 4) is 0 Å². The van der Waals surface area contributed by atoms with E-state index in [4.69, 9.17) is 14.2 Å². The molecule has 0 fully saturated rings. The summed E-state index contributed by atoms with van der Waals surface area (Å²) in [4.78, 5) is 38.2. The topological polar surface area (TPSA) is 78.9 Å². The Balaban J connectivity index is 4.39. The van der Waals surface area contributed by atoms with Crippen LogP contribution in [0.1, 0.15) is 310 Å². The molecule has 6 heteroatoms. The molecule has 1 atom stereocenters. The van der Waals surface area contributed by atoms with E-state index in [2.05, 4.69) is 69.4 Å². The second kappa shape index (κ2) is 57.0. The Labute approximate surface area is 422 Å². The summed E-state index contributed by atoms with van der Waals surface area (Å²) in [7, 11) is 0. The van der Waals surface area contributed by atoms with Gasteiger partial charge >= 0.3 is 17.9 Å². The first-order chi connectivity index (χ1) is 33.5. The fourth-order valence-electron chi connectivity index (χ4n) is 8.54. The third kappa shape index (κ3) is 54.3. The van der Waals surface area contributed by atoms with Gasteiger partial charge in [-0.15, -0.1) is 0 Å². The lowest BCUT2D eigenvalue weighted by atomic mass is 10.1. The summed E-state index contributed by atoms with van der Waals surface area (Å²) in [6, 6.07) is 0. The van der Waals surface area contributed by atoms with Gasteiger partial charge in [0.05, 0.1) is 0 Å². The van der Waals surface area contributed by atoms with Crippen molar-refractivity contribution in [3.05, 3.63) is 48.6 Å². The van der Waals surface area contributed by atoms with Crippen LogP contribution in [-0.2, 0) is 28.6 Å². The lowest BCUT2D eigenvalue weighted by molar-refractivity contribution is -0.167. The first-order valence-corrected chi connectivity index (χ1v) is 29.7. The maximum absolute atomic E-state index is 12.8. The van der Waals surface area contributed by atoms with Crippen molar-refractivity contribution in [2.45, 2.75) is 316 Å². The number of allylic oxidation sites excluding steroid dienone is 8. The van der Waals surface area contributed by atoms with Crippen LogP contribution in [0.2, 0.25) is 0 Å². The molecule has 0 spiro atoms. The minimum atomic E-state index is -0.790. The molecule has 1 unspecified atom stereocenters. The van der Waals surface area contributed by atoms with Gasteiger partial charge in [0.1, 0.15) is 13.2 Å². The number of hydrogen-bond donors (Lipinski definition) is 0. The highest BCUT2D eigenvalue weighted by Crippen LogP contribution is 2.15. The molecule has 0 heterocycles. The van der Waals surface area contributed by atoms with E-state index in [1.165, 1.54) is 199 Å². The minimum absolute atomic E-state index is 0.0859. The van der Waals surface area contributed by atoms with Crippen LogP contribution in [0.4, 0.5) is 0 Å². The molecule has 0 aliphatic rings. The van der Waals surface area contributed by atoms with Crippen molar-refractivity contribution >= 4 is 17.9 Å². The molecule has 68 heavy (non-hydrogen) atoms. The van der Waals surface area contributed by atoms with Gasteiger partial charge in [-0.1, -0.05) is 243 Å². The Hall–Kier alpha value is -2.63. The smallest absolute Gasteiger partial charge is 0.306 e. The van der Waals surface area contributed by atoms with Crippen LogP contribution in [0.5, 0.6) is 0 Å². The fraction of sp³-hybridized carbons (Fsp3) is 0.823. The molecule has 0 aliphatic heterocycles. The second-order valence-electron chi connectivity index (χ2n) is 19.9. The van der Waals surface area contributed by atoms with Crippen LogP contribution in [-0.4, -0.2) is 37.2 Å². The molecule has 396 valence electrons. The highest BCUT2D eigenvalue weighted by molar-refractivity contribution is 5.71. The third-order valence-corrected chi connectivity index (χ3v) is 13.1. The summed E-state index contributed by atoms with van der Waals surface area (Å²) >= 11 is 0. The molecule has 0 amide bonds. The predicted octanol–water partition coefficient (Wildman–Crippen LogP) is 19.8. The first kappa shape index (κ1) is 65.4. The molecule has 6 nitrogen and oxygen atoms in total. The average molecular weight is 954 g/mol. The SMILES string of the molecule is CCCCCC/C=C\CCCCCCCCCC(=O)OCC(COC(=O)CCCCCCCCC/C=C\CCCCCCCCCC)OC(=O)CCCCC/C=C\C=C/CCCCCCCCC. The summed E-state index contributed by atoms with van der Waals surface area (Å²) in [6.07, 6.45) is 69.6. The lowest BCUT2D eigenvalue weighted by Crippen LogP contribution is -2.30. The standard InChI is InChI=1S/C62H112O6/c1-4-7-10-13-16-19-22-25-28-30-31-32-35-37-40-43-46-49-52-55-61(64)67-58-59(57-66-60(63)54-51-48-45-42-39-36-33-27-24-21-18-15-12-9-6-3)68-62(65)56-53-50-47-44-41-38-34-29-26-23-20-17-14-11-8-5-2/h21,24,29-31,34,38,41,59H,4-20,22-23,25-28,32-33,35-37,39-40,42-58H2,1-3H3/b24-21-,31-30-,34-29-,41-38-. The van der Waals surface area contributed by atoms with Crippen LogP contribution in [0.15, 0.2) is 48.6 Å². The van der Waals surface area contributed by atoms with E-state index in [1.807, 2.05) is 0 Å². The highest BCUT2D eigenvalue weighted by Gasteiger charge is 2.19. The van der Waals surface area contributed by atoms with Gasteiger partial charge in [0.25, 0.3) is 0 Å². The van der Waals surface area contributed by atoms with Crippen molar-refractivity contribution in [1.29, 1.82) is 0 Å². The molecule has 0 aromatic rings. The number of ether oxygens (including phenoxy) is 3. The predicted molar refractivity (Wildman–Crippen MR) is 293 cm³/mol. The van der Waals surface area contributed by atoms with Crippen LogP contribution >= 0.6 is 0 Å². The zero-order chi connectivity index (χ0) is 49.3. The van der Waals surface area contributed by atoms with Crippen molar-refractivity contribution < 1.29 is 28.6 Å². The Bertz CT molecular complexity index is 1190. The Kier molecular flexibility index (Phi) is 54.8. The summed E-state index contributed by atoms with van der Waals surface area (Å²) < 4.78 is 16.9. The molecule has 0 N–H and O–H groups in total. The van der Waals surface area contributed by atoms with Crippen LogP contribution < -0.4 is 0 Å². The zero-order valence-corrected chi connectivity index (χ0v) is 45.4. The largest absolute Gasteiger partial charge is 0.462 e. The summed E-state index contributed by atoms with van der Waals surface area (Å²) in [5, 5.41) is 0.